The highest BCUT2D eigenvalue weighted by atomic mass is 16.2. The molecule has 1 aliphatic carbocycles. The lowest BCUT2D eigenvalue weighted by molar-refractivity contribution is -0.132. The number of amides is 1. The van der Waals surface area contributed by atoms with Crippen LogP contribution in [0.2, 0.25) is 0 Å². The number of carbonyl (C=O) groups is 1. The van der Waals surface area contributed by atoms with Gasteiger partial charge in [-0.05, 0) is 38.5 Å². The number of hydrogen-bond acceptors (Lipinski definition) is 4. The Balaban J connectivity index is 1.22. The number of likely N-dealkylation sites (tertiary alicyclic amines) is 1. The number of rotatable bonds is 4. The maximum Gasteiger partial charge on any atom is 0.236 e. The standard InChI is InChI=1S/C20H33N5O/c26-20(25-9-5-1-2-6-10-25)16-24-13-11-23(12-14-24)15-19-21-17-7-3-4-8-18(17)22-19/h1-16H2,(H,21,22). The molecule has 0 aromatic carbocycles. The van der Waals surface area contributed by atoms with E-state index in [-0.39, 0.29) is 0 Å². The van der Waals surface area contributed by atoms with Crippen LogP contribution < -0.4 is 0 Å². The van der Waals surface area contributed by atoms with Crippen molar-refractivity contribution in [2.24, 2.45) is 0 Å². The molecule has 2 fully saturated rings. The van der Waals surface area contributed by atoms with Crippen LogP contribution in [0.25, 0.3) is 0 Å². The molecule has 1 aromatic heterocycles. The van der Waals surface area contributed by atoms with Gasteiger partial charge in [0.25, 0.3) is 0 Å². The molecule has 0 radical (unpaired) electrons. The molecule has 1 N–H and O–H groups in total. The average molecular weight is 360 g/mol. The third-order valence-electron chi connectivity index (χ3n) is 6.16. The molecular weight excluding hydrogens is 326 g/mol. The number of fused-ring (bicyclic) bond motifs is 1. The number of nitrogens with one attached hydrogen (secondary N) is 1. The normalized spacial score (nSPS) is 22.8. The summed E-state index contributed by atoms with van der Waals surface area (Å²) in [6.07, 6.45) is 9.77. The average Bonchev–Trinajstić information content (AvgIpc) is 2.87. The molecule has 3 aliphatic rings. The molecule has 0 spiro atoms. The number of imidazole rings is 1. The van der Waals surface area contributed by atoms with Gasteiger partial charge in [0.2, 0.25) is 5.91 Å². The Labute approximate surface area is 156 Å². The zero-order valence-electron chi connectivity index (χ0n) is 16.0. The van der Waals surface area contributed by atoms with E-state index in [1.165, 1.54) is 49.9 Å². The van der Waals surface area contributed by atoms with Crippen molar-refractivity contribution in [2.45, 2.75) is 57.9 Å². The summed E-state index contributed by atoms with van der Waals surface area (Å²) in [5.41, 5.74) is 2.67. The predicted molar refractivity (Wildman–Crippen MR) is 102 cm³/mol. The first-order valence-electron chi connectivity index (χ1n) is 10.6. The molecule has 0 bridgehead atoms. The van der Waals surface area contributed by atoms with Crippen molar-refractivity contribution in [3.63, 3.8) is 0 Å². The van der Waals surface area contributed by atoms with Crippen LogP contribution in [0, 0.1) is 0 Å². The van der Waals surface area contributed by atoms with Gasteiger partial charge in [-0.2, -0.15) is 0 Å². The minimum atomic E-state index is 0.332. The van der Waals surface area contributed by atoms with Gasteiger partial charge in [-0.3, -0.25) is 14.6 Å². The van der Waals surface area contributed by atoms with Crippen molar-refractivity contribution in [1.29, 1.82) is 0 Å². The molecule has 0 atom stereocenters. The highest BCUT2D eigenvalue weighted by Crippen LogP contribution is 2.19. The summed E-state index contributed by atoms with van der Waals surface area (Å²) in [5, 5.41) is 0. The lowest BCUT2D eigenvalue weighted by Crippen LogP contribution is -2.50. The monoisotopic (exact) mass is 359 g/mol. The summed E-state index contributed by atoms with van der Waals surface area (Å²) in [5.74, 6) is 1.46. The smallest absolute Gasteiger partial charge is 0.236 e. The summed E-state index contributed by atoms with van der Waals surface area (Å²) >= 11 is 0. The van der Waals surface area contributed by atoms with Crippen LogP contribution in [0.3, 0.4) is 0 Å². The van der Waals surface area contributed by atoms with E-state index in [0.29, 0.717) is 12.5 Å². The number of H-pyrrole nitrogens is 1. The van der Waals surface area contributed by atoms with Crippen LogP contribution in [-0.2, 0) is 24.2 Å². The van der Waals surface area contributed by atoms with Gasteiger partial charge < -0.3 is 9.88 Å². The fraction of sp³-hybridized carbons (Fsp3) is 0.800. The van der Waals surface area contributed by atoms with E-state index in [9.17, 15) is 4.79 Å². The molecule has 4 rings (SSSR count). The molecule has 6 nitrogen and oxygen atoms in total. The van der Waals surface area contributed by atoms with Crippen LogP contribution in [-0.4, -0.2) is 76.4 Å². The van der Waals surface area contributed by atoms with E-state index in [2.05, 4.69) is 19.7 Å². The first-order valence-corrected chi connectivity index (χ1v) is 10.6. The summed E-state index contributed by atoms with van der Waals surface area (Å²) in [6.45, 7) is 7.46. The number of aromatic nitrogens is 2. The van der Waals surface area contributed by atoms with Gasteiger partial charge in [0, 0.05) is 45.0 Å². The van der Waals surface area contributed by atoms with Crippen molar-refractivity contribution < 1.29 is 4.79 Å². The highest BCUT2D eigenvalue weighted by Gasteiger charge is 2.23. The molecular formula is C20H33N5O. The van der Waals surface area contributed by atoms with E-state index in [1.54, 1.807) is 0 Å². The van der Waals surface area contributed by atoms with Crippen LogP contribution in [0.4, 0.5) is 0 Å². The second-order valence-corrected chi connectivity index (χ2v) is 8.16. The quantitative estimate of drug-likeness (QED) is 0.891. The fourth-order valence-electron chi connectivity index (χ4n) is 4.52. The van der Waals surface area contributed by atoms with Gasteiger partial charge in [-0.15, -0.1) is 0 Å². The maximum atomic E-state index is 12.6. The van der Waals surface area contributed by atoms with Gasteiger partial charge in [0.15, 0.2) is 0 Å². The fourth-order valence-corrected chi connectivity index (χ4v) is 4.52. The molecule has 1 aromatic rings. The molecule has 3 heterocycles. The topological polar surface area (TPSA) is 55.5 Å². The Morgan fingerprint density at radius 1 is 0.846 bits per heavy atom. The summed E-state index contributed by atoms with van der Waals surface area (Å²) < 4.78 is 0. The second-order valence-electron chi connectivity index (χ2n) is 8.16. The summed E-state index contributed by atoms with van der Waals surface area (Å²) in [4.78, 5) is 27.8. The first-order chi connectivity index (χ1) is 12.8. The Morgan fingerprint density at radius 3 is 2.27 bits per heavy atom. The van der Waals surface area contributed by atoms with Crippen LogP contribution in [0.5, 0.6) is 0 Å². The lowest BCUT2D eigenvalue weighted by atomic mass is 10.0. The van der Waals surface area contributed by atoms with E-state index in [0.717, 1.165) is 64.5 Å². The van der Waals surface area contributed by atoms with Gasteiger partial charge >= 0.3 is 0 Å². The molecule has 1 amide bonds. The molecule has 0 saturated carbocycles. The third-order valence-corrected chi connectivity index (χ3v) is 6.16. The number of hydrogen-bond donors (Lipinski definition) is 1. The minimum Gasteiger partial charge on any atom is -0.345 e. The van der Waals surface area contributed by atoms with E-state index in [4.69, 9.17) is 4.98 Å². The van der Waals surface area contributed by atoms with Crippen molar-refractivity contribution in [2.75, 3.05) is 45.8 Å². The molecule has 2 saturated heterocycles. The van der Waals surface area contributed by atoms with Gasteiger partial charge in [-0.1, -0.05) is 12.8 Å². The SMILES string of the molecule is O=C(CN1CCN(Cc2nc3c([nH]2)CCCC3)CC1)N1CCCCCC1. The minimum absolute atomic E-state index is 0.332. The van der Waals surface area contributed by atoms with E-state index in [1.807, 2.05) is 0 Å². The maximum absolute atomic E-state index is 12.6. The van der Waals surface area contributed by atoms with Crippen LogP contribution in [0.15, 0.2) is 0 Å². The van der Waals surface area contributed by atoms with Gasteiger partial charge in [-0.25, -0.2) is 4.98 Å². The molecule has 144 valence electrons. The van der Waals surface area contributed by atoms with Crippen molar-refractivity contribution in [3.8, 4) is 0 Å². The number of piperazine rings is 1. The number of carbonyl (C=O) groups excluding carboxylic acids is 1. The number of aryl methyl sites for hydroxylation is 2. The Bertz CT molecular complexity index is 574. The Kier molecular flexibility index (Phi) is 5.90. The summed E-state index contributed by atoms with van der Waals surface area (Å²) in [7, 11) is 0. The Hall–Kier alpha value is -1.40. The molecule has 26 heavy (non-hydrogen) atoms. The largest absolute Gasteiger partial charge is 0.345 e. The third kappa shape index (κ3) is 4.46. The van der Waals surface area contributed by atoms with Crippen LogP contribution >= 0.6 is 0 Å². The molecule has 6 heteroatoms. The molecule has 2 aliphatic heterocycles. The van der Waals surface area contributed by atoms with E-state index < -0.39 is 0 Å². The highest BCUT2D eigenvalue weighted by molar-refractivity contribution is 5.78. The lowest BCUT2D eigenvalue weighted by Gasteiger charge is -2.34. The van der Waals surface area contributed by atoms with Gasteiger partial charge in [0.05, 0.1) is 18.8 Å². The zero-order chi connectivity index (χ0) is 17.8. The molecule has 0 unspecified atom stereocenters. The van der Waals surface area contributed by atoms with Crippen molar-refractivity contribution >= 4 is 5.91 Å². The van der Waals surface area contributed by atoms with Gasteiger partial charge in [0.1, 0.15) is 5.82 Å². The predicted octanol–water partition coefficient (Wildman–Crippen LogP) is 1.81. The summed E-state index contributed by atoms with van der Waals surface area (Å²) in [6, 6.07) is 0. The Morgan fingerprint density at radius 2 is 1.54 bits per heavy atom. The van der Waals surface area contributed by atoms with E-state index >= 15 is 0 Å². The number of nitrogens with zero attached hydrogens (tertiary/aromatic N) is 4. The number of aromatic amines is 1. The zero-order valence-corrected chi connectivity index (χ0v) is 16.0. The van der Waals surface area contributed by atoms with Crippen LogP contribution in [0.1, 0.15) is 55.7 Å². The second kappa shape index (κ2) is 8.53. The van der Waals surface area contributed by atoms with Crippen molar-refractivity contribution in [3.05, 3.63) is 17.2 Å². The first kappa shape index (κ1) is 18.0. The van der Waals surface area contributed by atoms with Crippen molar-refractivity contribution in [1.82, 2.24) is 24.7 Å².